The maximum atomic E-state index is 12.0. The van der Waals surface area contributed by atoms with Crippen LogP contribution in [0.1, 0.15) is 38.5 Å². The maximum absolute atomic E-state index is 12.0. The Morgan fingerprint density at radius 1 is 1.35 bits per heavy atom. The molecule has 5 heteroatoms. The number of primary amides is 1. The molecule has 1 saturated carbocycles. The molecule has 0 radical (unpaired) electrons. The zero-order valence-corrected chi connectivity index (χ0v) is 10.2. The molecule has 0 aromatic rings. The van der Waals surface area contributed by atoms with E-state index in [1.807, 2.05) is 4.90 Å². The fourth-order valence-corrected chi connectivity index (χ4v) is 2.25. The van der Waals surface area contributed by atoms with Crippen molar-refractivity contribution in [3.63, 3.8) is 0 Å². The van der Waals surface area contributed by atoms with Crippen LogP contribution in [0.25, 0.3) is 0 Å². The minimum atomic E-state index is -0.258. The van der Waals surface area contributed by atoms with Crippen molar-refractivity contribution < 1.29 is 9.59 Å². The van der Waals surface area contributed by atoms with E-state index in [-0.39, 0.29) is 17.9 Å². The van der Waals surface area contributed by atoms with Crippen LogP contribution in [0.4, 0.5) is 0 Å². The first kappa shape index (κ1) is 12.4. The second kappa shape index (κ2) is 5.49. The van der Waals surface area contributed by atoms with Gasteiger partial charge in [0, 0.05) is 25.6 Å². The van der Waals surface area contributed by atoms with Gasteiger partial charge in [-0.15, -0.1) is 0 Å². The molecule has 0 bridgehead atoms. The molecule has 1 aliphatic carbocycles. The Morgan fingerprint density at radius 3 is 2.76 bits per heavy atom. The van der Waals surface area contributed by atoms with Crippen LogP contribution in [0, 0.1) is 0 Å². The van der Waals surface area contributed by atoms with Gasteiger partial charge in [-0.3, -0.25) is 9.59 Å². The van der Waals surface area contributed by atoms with Gasteiger partial charge in [0.05, 0.1) is 6.04 Å². The summed E-state index contributed by atoms with van der Waals surface area (Å²) in [5.41, 5.74) is 5.07. The molecule has 1 aliphatic heterocycles. The first-order valence-corrected chi connectivity index (χ1v) is 6.50. The lowest BCUT2D eigenvalue weighted by Gasteiger charge is -2.16. The second-order valence-corrected chi connectivity index (χ2v) is 5.03. The van der Waals surface area contributed by atoms with Gasteiger partial charge in [0.15, 0.2) is 0 Å². The first-order chi connectivity index (χ1) is 8.16. The Labute approximate surface area is 102 Å². The Balaban J connectivity index is 1.64. The number of carbonyl (C=O) groups excluding carboxylic acids is 2. The van der Waals surface area contributed by atoms with E-state index in [2.05, 4.69) is 5.32 Å². The van der Waals surface area contributed by atoms with Crippen LogP contribution in [0.3, 0.4) is 0 Å². The molecule has 2 rings (SSSR count). The highest BCUT2D eigenvalue weighted by atomic mass is 16.2. The summed E-state index contributed by atoms with van der Waals surface area (Å²) < 4.78 is 0. The summed E-state index contributed by atoms with van der Waals surface area (Å²) in [6, 6.07) is 0.623. The van der Waals surface area contributed by atoms with E-state index in [1.54, 1.807) is 0 Å². The third-order valence-corrected chi connectivity index (χ3v) is 3.41. The molecule has 1 heterocycles. The lowest BCUT2D eigenvalue weighted by Crippen LogP contribution is -2.39. The number of nitrogens with two attached hydrogens (primary N) is 1. The van der Waals surface area contributed by atoms with Crippen LogP contribution in [0.15, 0.2) is 0 Å². The number of nitrogens with zero attached hydrogens (tertiary/aromatic N) is 1. The lowest BCUT2D eigenvalue weighted by molar-refractivity contribution is -0.129. The molecule has 2 fully saturated rings. The molecule has 1 unspecified atom stereocenters. The number of carbonyl (C=O) groups is 2. The van der Waals surface area contributed by atoms with Crippen LogP contribution >= 0.6 is 0 Å². The Hall–Kier alpha value is -1.10. The second-order valence-electron chi connectivity index (χ2n) is 5.03. The predicted octanol–water partition coefficient (Wildman–Crippen LogP) is -0.00510. The monoisotopic (exact) mass is 239 g/mol. The fraction of sp³-hybridized carbons (Fsp3) is 0.833. The summed E-state index contributed by atoms with van der Waals surface area (Å²) in [6.45, 7) is 1.61. The zero-order valence-electron chi connectivity index (χ0n) is 10.2. The number of rotatable bonds is 7. The Morgan fingerprint density at radius 2 is 2.12 bits per heavy atom. The van der Waals surface area contributed by atoms with Gasteiger partial charge in [-0.1, -0.05) is 0 Å². The Bertz CT molecular complexity index is 302. The van der Waals surface area contributed by atoms with Gasteiger partial charge in [-0.05, 0) is 32.1 Å². The molecule has 0 aromatic carbocycles. The third kappa shape index (κ3) is 3.70. The van der Waals surface area contributed by atoms with Gasteiger partial charge in [-0.2, -0.15) is 0 Å². The standard InChI is InChI=1S/C12H21N3O2/c13-11(16)3-1-2-7-15-8-6-10(12(15)17)14-9-4-5-9/h9-10,14H,1-8H2,(H2,13,16). The molecule has 0 spiro atoms. The topological polar surface area (TPSA) is 75.4 Å². The molecule has 5 nitrogen and oxygen atoms in total. The SMILES string of the molecule is NC(=O)CCCCN1CCC(NC2CC2)C1=O. The van der Waals surface area contributed by atoms with Gasteiger partial charge in [0.25, 0.3) is 0 Å². The fourth-order valence-electron chi connectivity index (χ4n) is 2.25. The average molecular weight is 239 g/mol. The van der Waals surface area contributed by atoms with Crippen LogP contribution in [0.2, 0.25) is 0 Å². The van der Waals surface area contributed by atoms with Crippen LogP contribution in [-0.2, 0) is 9.59 Å². The number of nitrogens with one attached hydrogen (secondary N) is 1. The lowest BCUT2D eigenvalue weighted by atomic mass is 10.2. The Kier molecular flexibility index (Phi) is 3.99. The van der Waals surface area contributed by atoms with Crippen molar-refractivity contribution in [2.75, 3.05) is 13.1 Å². The van der Waals surface area contributed by atoms with Crippen molar-refractivity contribution in [2.45, 2.75) is 50.6 Å². The van der Waals surface area contributed by atoms with E-state index >= 15 is 0 Å². The molecular formula is C12H21N3O2. The number of amides is 2. The van der Waals surface area contributed by atoms with Crippen molar-refractivity contribution in [3.05, 3.63) is 0 Å². The summed E-state index contributed by atoms with van der Waals surface area (Å²) >= 11 is 0. The van der Waals surface area contributed by atoms with Crippen molar-refractivity contribution in [1.82, 2.24) is 10.2 Å². The minimum absolute atomic E-state index is 0.0404. The van der Waals surface area contributed by atoms with Crippen LogP contribution in [0.5, 0.6) is 0 Å². The maximum Gasteiger partial charge on any atom is 0.239 e. The predicted molar refractivity (Wildman–Crippen MR) is 64.2 cm³/mol. The number of hydrogen-bond acceptors (Lipinski definition) is 3. The third-order valence-electron chi connectivity index (χ3n) is 3.41. The van der Waals surface area contributed by atoms with Crippen molar-refractivity contribution in [1.29, 1.82) is 0 Å². The molecule has 2 amide bonds. The molecule has 2 aliphatic rings. The normalized spacial score (nSPS) is 24.4. The number of hydrogen-bond donors (Lipinski definition) is 2. The summed E-state index contributed by atoms with van der Waals surface area (Å²) in [6.07, 6.45) is 5.41. The largest absolute Gasteiger partial charge is 0.370 e. The highest BCUT2D eigenvalue weighted by molar-refractivity contribution is 5.84. The summed E-state index contributed by atoms with van der Waals surface area (Å²) in [5, 5.41) is 3.38. The molecule has 1 atom stereocenters. The molecule has 96 valence electrons. The highest BCUT2D eigenvalue weighted by Gasteiger charge is 2.34. The molecular weight excluding hydrogens is 218 g/mol. The van der Waals surface area contributed by atoms with E-state index in [0.29, 0.717) is 12.5 Å². The molecule has 1 saturated heterocycles. The summed E-state index contributed by atoms with van der Waals surface area (Å²) in [5.74, 6) is -0.0259. The van der Waals surface area contributed by atoms with Crippen LogP contribution in [-0.4, -0.2) is 41.9 Å². The van der Waals surface area contributed by atoms with Crippen molar-refractivity contribution >= 4 is 11.8 Å². The smallest absolute Gasteiger partial charge is 0.239 e. The van der Waals surface area contributed by atoms with Crippen molar-refractivity contribution in [2.24, 2.45) is 5.73 Å². The minimum Gasteiger partial charge on any atom is -0.370 e. The molecule has 0 aromatic heterocycles. The van der Waals surface area contributed by atoms with Gasteiger partial charge >= 0.3 is 0 Å². The quantitative estimate of drug-likeness (QED) is 0.614. The van der Waals surface area contributed by atoms with E-state index in [4.69, 9.17) is 5.73 Å². The number of likely N-dealkylation sites (tertiary alicyclic amines) is 1. The summed E-state index contributed by atoms with van der Waals surface area (Å²) in [4.78, 5) is 24.4. The van der Waals surface area contributed by atoms with E-state index in [1.165, 1.54) is 12.8 Å². The first-order valence-electron chi connectivity index (χ1n) is 6.50. The van der Waals surface area contributed by atoms with Gasteiger partial charge in [-0.25, -0.2) is 0 Å². The number of unbranched alkanes of at least 4 members (excludes halogenated alkanes) is 1. The van der Waals surface area contributed by atoms with Gasteiger partial charge in [0.1, 0.15) is 0 Å². The van der Waals surface area contributed by atoms with Crippen LogP contribution < -0.4 is 11.1 Å². The zero-order chi connectivity index (χ0) is 12.3. The molecule has 3 N–H and O–H groups in total. The van der Waals surface area contributed by atoms with E-state index in [9.17, 15) is 9.59 Å². The van der Waals surface area contributed by atoms with Gasteiger partial charge < -0.3 is 16.0 Å². The molecule has 17 heavy (non-hydrogen) atoms. The highest BCUT2D eigenvalue weighted by Crippen LogP contribution is 2.22. The summed E-state index contributed by atoms with van der Waals surface area (Å²) in [7, 11) is 0. The van der Waals surface area contributed by atoms with E-state index < -0.39 is 0 Å². The van der Waals surface area contributed by atoms with E-state index in [0.717, 1.165) is 32.4 Å². The van der Waals surface area contributed by atoms with Crippen molar-refractivity contribution in [3.8, 4) is 0 Å². The average Bonchev–Trinajstić information content (AvgIpc) is 3.02. The van der Waals surface area contributed by atoms with Gasteiger partial charge in [0.2, 0.25) is 11.8 Å².